The van der Waals surface area contributed by atoms with Crippen LogP contribution in [0.2, 0.25) is 5.02 Å². The van der Waals surface area contributed by atoms with Gasteiger partial charge in [-0.05, 0) is 49.7 Å². The number of amides is 1. The van der Waals surface area contributed by atoms with E-state index in [1.54, 1.807) is 0 Å². The van der Waals surface area contributed by atoms with Gasteiger partial charge in [-0.15, -0.1) is 0 Å². The highest BCUT2D eigenvalue weighted by Crippen LogP contribution is 2.54. The van der Waals surface area contributed by atoms with Gasteiger partial charge in [0, 0.05) is 18.1 Å². The van der Waals surface area contributed by atoms with E-state index in [4.69, 9.17) is 11.6 Å². The number of rotatable bonds is 4. The summed E-state index contributed by atoms with van der Waals surface area (Å²) in [5.41, 5.74) is -0.0447. The molecule has 4 rings (SSSR count). The fourth-order valence-electron chi connectivity index (χ4n) is 4.75. The van der Waals surface area contributed by atoms with Crippen molar-refractivity contribution in [2.75, 3.05) is 13.1 Å². The van der Waals surface area contributed by atoms with Crippen LogP contribution in [0.25, 0.3) is 0 Å². The number of likely N-dealkylation sites (tertiary alicyclic amines) is 1. The second-order valence-electron chi connectivity index (χ2n) is 7.78. The van der Waals surface area contributed by atoms with Crippen LogP contribution < -0.4 is 0 Å². The van der Waals surface area contributed by atoms with Crippen LogP contribution in [0.1, 0.15) is 37.7 Å². The molecule has 1 aliphatic heterocycles. The molecule has 24 heavy (non-hydrogen) atoms. The number of fused-ring (bicyclic) bond motifs is 1. The summed E-state index contributed by atoms with van der Waals surface area (Å²) < 4.78 is 0. The van der Waals surface area contributed by atoms with E-state index in [2.05, 4.69) is 0 Å². The number of hydrogen-bond donors (Lipinski definition) is 1. The van der Waals surface area contributed by atoms with Crippen molar-refractivity contribution in [3.05, 3.63) is 34.9 Å². The molecule has 0 unspecified atom stereocenters. The molecule has 2 aliphatic carbocycles. The van der Waals surface area contributed by atoms with Gasteiger partial charge in [-0.3, -0.25) is 9.59 Å². The molecule has 0 radical (unpaired) electrons. The Balaban J connectivity index is 1.53. The topological polar surface area (TPSA) is 57.6 Å². The third-order valence-electron chi connectivity index (χ3n) is 6.38. The van der Waals surface area contributed by atoms with E-state index in [0.29, 0.717) is 31.0 Å². The number of benzene rings is 1. The van der Waals surface area contributed by atoms with Gasteiger partial charge in [0.1, 0.15) is 0 Å². The molecule has 3 fully saturated rings. The summed E-state index contributed by atoms with van der Waals surface area (Å²) in [6.45, 7) is 0.992. The molecular formula is C19H22ClNO3. The monoisotopic (exact) mass is 347 g/mol. The number of halogens is 1. The van der Waals surface area contributed by atoms with Crippen molar-refractivity contribution in [1.82, 2.24) is 4.90 Å². The molecule has 1 N–H and O–H groups in total. The maximum absolute atomic E-state index is 13.1. The Kier molecular flexibility index (Phi) is 3.64. The largest absolute Gasteiger partial charge is 0.481 e. The summed E-state index contributed by atoms with van der Waals surface area (Å²) in [6, 6.07) is 7.68. The summed E-state index contributed by atoms with van der Waals surface area (Å²) in [7, 11) is 0. The second-order valence-corrected chi connectivity index (χ2v) is 8.19. The Morgan fingerprint density at radius 1 is 1.25 bits per heavy atom. The lowest BCUT2D eigenvalue weighted by Crippen LogP contribution is -2.40. The van der Waals surface area contributed by atoms with E-state index in [1.807, 2.05) is 29.2 Å². The molecule has 0 spiro atoms. The first-order valence-electron chi connectivity index (χ1n) is 8.73. The Morgan fingerprint density at radius 3 is 2.62 bits per heavy atom. The number of aliphatic carboxylic acids is 1. The number of carboxylic acids is 1. The Hall–Kier alpha value is -1.55. The summed E-state index contributed by atoms with van der Waals surface area (Å²) in [5.74, 6) is -0.469. The molecule has 0 aromatic heterocycles. The van der Waals surface area contributed by atoms with Gasteiger partial charge in [-0.25, -0.2) is 0 Å². The predicted octanol–water partition coefficient (Wildman–Crippen LogP) is 3.38. The molecule has 0 bridgehead atoms. The molecule has 5 heteroatoms. The zero-order valence-electron chi connectivity index (χ0n) is 13.6. The second kappa shape index (κ2) is 5.48. The van der Waals surface area contributed by atoms with Crippen molar-refractivity contribution in [3.63, 3.8) is 0 Å². The predicted molar refractivity (Wildman–Crippen MR) is 90.8 cm³/mol. The number of hydrogen-bond acceptors (Lipinski definition) is 2. The smallest absolute Gasteiger partial charge is 0.311 e. The maximum atomic E-state index is 13.1. The van der Waals surface area contributed by atoms with E-state index in [-0.39, 0.29) is 17.2 Å². The van der Waals surface area contributed by atoms with Crippen LogP contribution in [0, 0.1) is 16.7 Å². The van der Waals surface area contributed by atoms with Crippen molar-refractivity contribution >= 4 is 23.5 Å². The van der Waals surface area contributed by atoms with Crippen molar-refractivity contribution in [1.29, 1.82) is 0 Å². The van der Waals surface area contributed by atoms with Crippen molar-refractivity contribution in [3.8, 4) is 0 Å². The fraction of sp³-hybridized carbons (Fsp3) is 0.579. The van der Waals surface area contributed by atoms with Crippen molar-refractivity contribution < 1.29 is 14.7 Å². The van der Waals surface area contributed by atoms with Gasteiger partial charge in [0.05, 0.1) is 10.8 Å². The summed E-state index contributed by atoms with van der Waals surface area (Å²) in [4.78, 5) is 26.8. The van der Waals surface area contributed by atoms with Crippen LogP contribution in [0.15, 0.2) is 24.3 Å². The van der Waals surface area contributed by atoms with Gasteiger partial charge in [0.25, 0.3) is 0 Å². The maximum Gasteiger partial charge on any atom is 0.311 e. The Morgan fingerprint density at radius 2 is 2.00 bits per heavy atom. The summed E-state index contributed by atoms with van der Waals surface area (Å²) >= 11 is 6.26. The number of carbonyl (C=O) groups is 2. The highest BCUT2D eigenvalue weighted by atomic mass is 35.5. The quantitative estimate of drug-likeness (QED) is 0.908. The van der Waals surface area contributed by atoms with Crippen LogP contribution in [0.3, 0.4) is 0 Å². The van der Waals surface area contributed by atoms with Gasteiger partial charge in [0.15, 0.2) is 0 Å². The fourth-order valence-corrected chi connectivity index (χ4v) is 4.95. The molecule has 1 amide bonds. The van der Waals surface area contributed by atoms with E-state index < -0.39 is 11.4 Å². The molecule has 1 aromatic rings. The van der Waals surface area contributed by atoms with E-state index in [1.165, 1.54) is 0 Å². The zero-order chi connectivity index (χ0) is 16.9. The van der Waals surface area contributed by atoms with Crippen LogP contribution in [0.5, 0.6) is 0 Å². The van der Waals surface area contributed by atoms with Crippen LogP contribution in [0.4, 0.5) is 0 Å². The average molecular weight is 348 g/mol. The van der Waals surface area contributed by atoms with Crippen LogP contribution in [-0.2, 0) is 16.0 Å². The molecule has 1 heterocycles. The van der Waals surface area contributed by atoms with Crippen LogP contribution >= 0.6 is 11.6 Å². The number of nitrogens with zero attached hydrogens (tertiary/aromatic N) is 1. The molecule has 1 saturated heterocycles. The van der Waals surface area contributed by atoms with E-state index >= 15 is 0 Å². The SMILES string of the molecule is O=C(N1C[C@@H]2CCC[C@@]2(C(=O)O)C1)C1(Cc2ccccc2Cl)CC1. The minimum Gasteiger partial charge on any atom is -0.481 e. The third-order valence-corrected chi connectivity index (χ3v) is 6.75. The van der Waals surface area contributed by atoms with Gasteiger partial charge in [0.2, 0.25) is 5.91 Å². The first kappa shape index (κ1) is 15.9. The number of carbonyl (C=O) groups excluding carboxylic acids is 1. The summed E-state index contributed by atoms with van der Waals surface area (Å²) in [5, 5.41) is 10.4. The molecule has 128 valence electrons. The Bertz CT molecular complexity index is 700. The average Bonchev–Trinajstić information content (AvgIpc) is 3.05. The van der Waals surface area contributed by atoms with E-state index in [9.17, 15) is 14.7 Å². The highest BCUT2D eigenvalue weighted by Gasteiger charge is 2.59. The first-order chi connectivity index (χ1) is 11.5. The van der Waals surface area contributed by atoms with Crippen LogP contribution in [-0.4, -0.2) is 35.0 Å². The highest BCUT2D eigenvalue weighted by molar-refractivity contribution is 6.31. The lowest BCUT2D eigenvalue weighted by Gasteiger charge is -2.26. The standard InChI is InChI=1S/C19H22ClNO3/c20-15-6-2-1-4-13(15)10-18(8-9-18)16(22)21-11-14-5-3-7-19(14,12-21)17(23)24/h1-2,4,6,14H,3,5,7-12H2,(H,23,24)/t14-,19+/m0/s1. The molecule has 2 atom stereocenters. The van der Waals surface area contributed by atoms with E-state index in [0.717, 1.165) is 31.2 Å². The molecule has 1 aromatic carbocycles. The summed E-state index contributed by atoms with van der Waals surface area (Å²) in [6.07, 6.45) is 5.00. The van der Waals surface area contributed by atoms with Gasteiger partial charge in [-0.1, -0.05) is 36.2 Å². The zero-order valence-corrected chi connectivity index (χ0v) is 14.4. The van der Waals surface area contributed by atoms with Gasteiger partial charge < -0.3 is 10.0 Å². The minimum atomic E-state index is -0.726. The van der Waals surface area contributed by atoms with Crippen molar-refractivity contribution in [2.24, 2.45) is 16.7 Å². The first-order valence-corrected chi connectivity index (χ1v) is 9.11. The minimum absolute atomic E-state index is 0.120. The van der Waals surface area contributed by atoms with Gasteiger partial charge in [-0.2, -0.15) is 0 Å². The lowest BCUT2D eigenvalue weighted by molar-refractivity contribution is -0.149. The Labute approximate surface area is 146 Å². The molecule has 4 nitrogen and oxygen atoms in total. The molecular weight excluding hydrogens is 326 g/mol. The lowest BCUT2D eigenvalue weighted by atomic mass is 9.81. The molecule has 2 saturated carbocycles. The van der Waals surface area contributed by atoms with Crippen molar-refractivity contribution in [2.45, 2.75) is 38.5 Å². The van der Waals surface area contributed by atoms with Gasteiger partial charge >= 0.3 is 5.97 Å². The molecule has 3 aliphatic rings. The normalized spacial score (nSPS) is 30.2. The third kappa shape index (κ3) is 2.34. The number of carboxylic acid groups (broad SMARTS) is 1.